The molecule has 2 aromatic carbocycles. The second-order valence-corrected chi connectivity index (χ2v) is 9.38. The van der Waals surface area contributed by atoms with Crippen molar-refractivity contribution in [2.75, 3.05) is 0 Å². The van der Waals surface area contributed by atoms with Crippen LogP contribution >= 0.6 is 11.3 Å². The summed E-state index contributed by atoms with van der Waals surface area (Å²) in [5, 5.41) is 5.58. The third-order valence-electron chi connectivity index (χ3n) is 6.75. The molecule has 0 aliphatic heterocycles. The Morgan fingerprint density at radius 3 is 2.23 bits per heavy atom. The Balaban J connectivity index is 2.00. The van der Waals surface area contributed by atoms with E-state index in [2.05, 4.69) is 99.2 Å². The molecule has 0 N–H and O–H groups in total. The molecule has 2 nitrogen and oxygen atoms in total. The van der Waals surface area contributed by atoms with Crippen LogP contribution in [0.15, 0.2) is 36.4 Å². The fourth-order valence-electron chi connectivity index (χ4n) is 5.38. The molecule has 31 heavy (non-hydrogen) atoms. The molecule has 0 saturated carbocycles. The van der Waals surface area contributed by atoms with Crippen LogP contribution in [0.3, 0.4) is 0 Å². The lowest BCUT2D eigenvalue weighted by atomic mass is 10.0. The van der Waals surface area contributed by atoms with Crippen molar-refractivity contribution in [3.63, 3.8) is 0 Å². The van der Waals surface area contributed by atoms with E-state index in [1.807, 2.05) is 11.3 Å². The van der Waals surface area contributed by atoms with Crippen molar-refractivity contribution in [2.45, 2.75) is 54.6 Å². The number of hydrogen-bond acceptors (Lipinski definition) is 1. The van der Waals surface area contributed by atoms with Gasteiger partial charge in [0.25, 0.3) is 0 Å². The van der Waals surface area contributed by atoms with Crippen molar-refractivity contribution in [3.05, 3.63) is 58.9 Å². The van der Waals surface area contributed by atoms with Crippen molar-refractivity contribution >= 4 is 65.5 Å². The highest BCUT2D eigenvalue weighted by atomic mass is 32.1. The predicted octanol–water partition coefficient (Wildman–Crippen LogP) is 8.69. The summed E-state index contributed by atoms with van der Waals surface area (Å²) in [6.45, 7) is 15.2. The van der Waals surface area contributed by atoms with Gasteiger partial charge in [-0.25, -0.2) is 0 Å². The van der Waals surface area contributed by atoms with E-state index < -0.39 is 0 Å². The normalized spacial score (nSPS) is 12.8. The number of allylic oxidation sites excluding steroid dienone is 2. The lowest BCUT2D eigenvalue weighted by Gasteiger charge is -2.05. The molecule has 0 atom stereocenters. The second kappa shape index (κ2) is 7.42. The first-order chi connectivity index (χ1) is 15.0. The minimum atomic E-state index is 0.981. The third-order valence-corrected chi connectivity index (χ3v) is 7.86. The molecule has 5 rings (SSSR count). The van der Waals surface area contributed by atoms with E-state index in [9.17, 15) is 0 Å². The summed E-state index contributed by atoms with van der Waals surface area (Å²) in [6.07, 6.45) is 8.85. The molecular formula is C28H30N2S. The van der Waals surface area contributed by atoms with Gasteiger partial charge < -0.3 is 9.13 Å². The summed E-state index contributed by atoms with van der Waals surface area (Å²) < 4.78 is 7.66. The molecule has 0 bridgehead atoms. The maximum absolute atomic E-state index is 2.45. The molecule has 0 radical (unpaired) electrons. The quantitative estimate of drug-likeness (QED) is 0.272. The van der Waals surface area contributed by atoms with Crippen LogP contribution in [0.4, 0.5) is 0 Å². The SMILES string of the molecule is C/C=C\c1c(C)n(CC)c2ccc3sc4cc5c(cc4c3c12)c(C)c(/C=C\C)n5CC. The zero-order valence-electron chi connectivity index (χ0n) is 19.3. The average molecular weight is 427 g/mol. The van der Waals surface area contributed by atoms with Crippen LogP contribution in [0, 0.1) is 13.8 Å². The molecule has 0 unspecified atom stereocenters. The average Bonchev–Trinajstić information content (AvgIpc) is 3.35. The van der Waals surface area contributed by atoms with E-state index in [0.717, 1.165) is 13.1 Å². The summed E-state index contributed by atoms with van der Waals surface area (Å²) in [5.74, 6) is 0. The van der Waals surface area contributed by atoms with E-state index in [1.54, 1.807) is 0 Å². The zero-order chi connectivity index (χ0) is 21.9. The van der Waals surface area contributed by atoms with E-state index in [1.165, 1.54) is 64.5 Å². The Morgan fingerprint density at radius 1 is 0.806 bits per heavy atom. The van der Waals surface area contributed by atoms with Gasteiger partial charge in [0.05, 0.1) is 5.52 Å². The zero-order valence-corrected chi connectivity index (χ0v) is 20.2. The fourth-order valence-corrected chi connectivity index (χ4v) is 6.51. The third kappa shape index (κ3) is 2.69. The smallest absolute Gasteiger partial charge is 0.0502 e. The van der Waals surface area contributed by atoms with Crippen molar-refractivity contribution in [3.8, 4) is 0 Å². The van der Waals surface area contributed by atoms with Crippen molar-refractivity contribution in [1.29, 1.82) is 0 Å². The molecule has 0 amide bonds. The first-order valence-corrected chi connectivity index (χ1v) is 12.1. The molecule has 0 saturated heterocycles. The molecule has 0 spiro atoms. The summed E-state index contributed by atoms with van der Waals surface area (Å²) >= 11 is 1.92. The van der Waals surface area contributed by atoms with E-state index in [4.69, 9.17) is 0 Å². The van der Waals surface area contributed by atoms with Crippen LogP contribution in [-0.2, 0) is 13.1 Å². The van der Waals surface area contributed by atoms with Gasteiger partial charge in [0.1, 0.15) is 0 Å². The number of rotatable bonds is 4. The van der Waals surface area contributed by atoms with Gasteiger partial charge in [-0.15, -0.1) is 11.3 Å². The van der Waals surface area contributed by atoms with Crippen LogP contribution in [0.25, 0.3) is 54.1 Å². The molecular weight excluding hydrogens is 396 g/mol. The molecule has 0 aliphatic carbocycles. The maximum Gasteiger partial charge on any atom is 0.0502 e. The van der Waals surface area contributed by atoms with Crippen LogP contribution < -0.4 is 0 Å². The number of thiophene rings is 1. The Morgan fingerprint density at radius 2 is 1.55 bits per heavy atom. The molecule has 3 heteroatoms. The van der Waals surface area contributed by atoms with Crippen molar-refractivity contribution in [2.24, 2.45) is 0 Å². The molecule has 3 heterocycles. The first-order valence-electron chi connectivity index (χ1n) is 11.3. The summed E-state index contributed by atoms with van der Waals surface area (Å²) in [6, 6.07) is 9.51. The largest absolute Gasteiger partial charge is 0.345 e. The van der Waals surface area contributed by atoms with Gasteiger partial charge in [0.2, 0.25) is 0 Å². The number of aryl methyl sites for hydroxylation is 3. The minimum absolute atomic E-state index is 0.981. The molecule has 5 aromatic rings. The Kier molecular flexibility index (Phi) is 4.82. The van der Waals surface area contributed by atoms with Gasteiger partial charge in [-0.3, -0.25) is 0 Å². The second-order valence-electron chi connectivity index (χ2n) is 8.30. The Hall–Kier alpha value is -2.78. The predicted molar refractivity (Wildman–Crippen MR) is 141 cm³/mol. The van der Waals surface area contributed by atoms with Gasteiger partial charge in [0.15, 0.2) is 0 Å². The highest BCUT2D eigenvalue weighted by Crippen LogP contribution is 2.44. The first kappa shape index (κ1) is 20.1. The Bertz CT molecular complexity index is 1530. The number of fused-ring (bicyclic) bond motifs is 6. The molecule has 0 aliphatic rings. The minimum Gasteiger partial charge on any atom is -0.345 e. The van der Waals surface area contributed by atoms with Gasteiger partial charge in [-0.2, -0.15) is 0 Å². The highest BCUT2D eigenvalue weighted by molar-refractivity contribution is 7.26. The monoisotopic (exact) mass is 426 g/mol. The number of nitrogens with zero attached hydrogens (tertiary/aromatic N) is 2. The summed E-state index contributed by atoms with van der Waals surface area (Å²) in [5.41, 5.74) is 8.11. The lowest BCUT2D eigenvalue weighted by molar-refractivity contribution is 0.769. The van der Waals surface area contributed by atoms with Crippen LogP contribution in [0.2, 0.25) is 0 Å². The van der Waals surface area contributed by atoms with Gasteiger partial charge in [-0.1, -0.05) is 18.2 Å². The summed E-state index contributed by atoms with van der Waals surface area (Å²) in [4.78, 5) is 0. The van der Waals surface area contributed by atoms with Crippen LogP contribution in [0.1, 0.15) is 50.2 Å². The van der Waals surface area contributed by atoms with Gasteiger partial charge in [0, 0.05) is 66.5 Å². The van der Waals surface area contributed by atoms with E-state index in [0.29, 0.717) is 0 Å². The summed E-state index contributed by atoms with van der Waals surface area (Å²) in [7, 11) is 0. The van der Waals surface area contributed by atoms with E-state index >= 15 is 0 Å². The van der Waals surface area contributed by atoms with Crippen molar-refractivity contribution < 1.29 is 0 Å². The fraction of sp³-hybridized carbons (Fsp3) is 0.286. The number of benzene rings is 2. The Labute approximate surface area is 188 Å². The van der Waals surface area contributed by atoms with Gasteiger partial charge in [-0.05, 0) is 77.4 Å². The molecule has 0 fully saturated rings. The van der Waals surface area contributed by atoms with Crippen LogP contribution in [0.5, 0.6) is 0 Å². The lowest BCUT2D eigenvalue weighted by Crippen LogP contribution is -1.96. The van der Waals surface area contributed by atoms with Crippen molar-refractivity contribution in [1.82, 2.24) is 9.13 Å². The maximum atomic E-state index is 2.45. The number of hydrogen-bond donors (Lipinski definition) is 0. The highest BCUT2D eigenvalue weighted by Gasteiger charge is 2.19. The van der Waals surface area contributed by atoms with Crippen LogP contribution in [-0.4, -0.2) is 9.13 Å². The molecule has 158 valence electrons. The molecule has 3 aromatic heterocycles. The number of aromatic nitrogens is 2. The van der Waals surface area contributed by atoms with Gasteiger partial charge >= 0.3 is 0 Å². The van der Waals surface area contributed by atoms with E-state index in [-0.39, 0.29) is 0 Å². The standard InChI is InChI=1S/C28H30N2S/c1-7-11-19-18(6)29(9-3)23-13-14-25-28(27(19)23)21-15-20-17(5)22(12-8-2)30(10-4)24(20)16-26(21)31-25/h7-8,11-16H,9-10H2,1-6H3/b11-7-,12-8-. The topological polar surface area (TPSA) is 9.86 Å².